The molecule has 2 heterocycles. The molecule has 0 aliphatic rings. The topological polar surface area (TPSA) is 152 Å². The van der Waals surface area contributed by atoms with Gasteiger partial charge in [-0.2, -0.15) is 5.10 Å². The first-order valence-corrected chi connectivity index (χ1v) is 10.2. The number of rotatable bonds is 6. The summed E-state index contributed by atoms with van der Waals surface area (Å²) >= 11 is 0. The molecule has 0 radical (unpaired) electrons. The summed E-state index contributed by atoms with van der Waals surface area (Å²) in [6.45, 7) is 3.90. The van der Waals surface area contributed by atoms with Crippen LogP contribution < -0.4 is 16.8 Å². The van der Waals surface area contributed by atoms with Crippen molar-refractivity contribution in [1.29, 1.82) is 0 Å². The van der Waals surface area contributed by atoms with Crippen LogP contribution in [0.3, 0.4) is 0 Å². The van der Waals surface area contributed by atoms with Gasteiger partial charge in [0.1, 0.15) is 28.6 Å². The quantitative estimate of drug-likeness (QED) is 0.306. The highest BCUT2D eigenvalue weighted by atomic mass is 19.1. The number of amides is 2. The highest BCUT2D eigenvalue weighted by Crippen LogP contribution is 2.35. The SMILES string of the molecule is CC(C)n1nc(-c2ccc(CNC(=O)c3cc(F)ccc3O)c3[nH]ccc23)c(C(N)=O)c1N. The first kappa shape index (κ1) is 21.9. The van der Waals surface area contributed by atoms with Crippen molar-refractivity contribution in [2.24, 2.45) is 5.73 Å². The Morgan fingerprint density at radius 3 is 2.70 bits per heavy atom. The van der Waals surface area contributed by atoms with E-state index in [9.17, 15) is 19.1 Å². The molecule has 9 nitrogen and oxygen atoms in total. The van der Waals surface area contributed by atoms with Crippen molar-refractivity contribution in [3.63, 3.8) is 0 Å². The van der Waals surface area contributed by atoms with Crippen molar-refractivity contribution in [2.45, 2.75) is 26.4 Å². The van der Waals surface area contributed by atoms with Gasteiger partial charge in [0, 0.05) is 29.7 Å². The van der Waals surface area contributed by atoms with Crippen LogP contribution in [0.25, 0.3) is 22.2 Å². The summed E-state index contributed by atoms with van der Waals surface area (Å²) in [6, 6.07) is 8.46. The van der Waals surface area contributed by atoms with Crippen LogP contribution in [0.4, 0.5) is 10.2 Å². The second kappa shape index (κ2) is 8.30. The van der Waals surface area contributed by atoms with Crippen LogP contribution in [0.2, 0.25) is 0 Å². The third-order valence-corrected chi connectivity index (χ3v) is 5.39. The standard InChI is InChI=1S/C23H23FN6O3/c1-11(2)30-21(25)18(22(26)32)20(29-30)14-5-3-12(19-15(14)7-8-27-19)10-28-23(33)16-9-13(24)4-6-17(16)31/h3-9,11,27,31H,10,25H2,1-2H3,(H2,26,32)(H,28,33). The molecule has 0 atom stereocenters. The number of halogens is 1. The molecule has 4 rings (SSSR count). The number of aromatic amines is 1. The zero-order valence-electron chi connectivity index (χ0n) is 18.0. The molecule has 10 heteroatoms. The number of aromatic hydroxyl groups is 1. The maximum absolute atomic E-state index is 13.5. The maximum atomic E-state index is 13.5. The largest absolute Gasteiger partial charge is 0.507 e. The fraction of sp³-hybridized carbons (Fsp3) is 0.174. The fourth-order valence-corrected chi connectivity index (χ4v) is 3.80. The van der Waals surface area contributed by atoms with E-state index in [0.717, 1.165) is 29.1 Å². The van der Waals surface area contributed by atoms with Crippen molar-refractivity contribution in [3.05, 3.63) is 65.1 Å². The second-order valence-corrected chi connectivity index (χ2v) is 7.89. The first-order valence-electron chi connectivity index (χ1n) is 10.2. The van der Waals surface area contributed by atoms with Crippen LogP contribution in [0.1, 0.15) is 46.2 Å². The summed E-state index contributed by atoms with van der Waals surface area (Å²) in [6.07, 6.45) is 1.73. The van der Waals surface area contributed by atoms with Crippen molar-refractivity contribution in [2.75, 3.05) is 5.73 Å². The fourth-order valence-electron chi connectivity index (χ4n) is 3.80. The minimum Gasteiger partial charge on any atom is -0.507 e. The van der Waals surface area contributed by atoms with Crippen LogP contribution >= 0.6 is 0 Å². The number of carbonyl (C=O) groups excluding carboxylic acids is 2. The molecule has 0 aliphatic heterocycles. The number of hydrogen-bond donors (Lipinski definition) is 5. The van der Waals surface area contributed by atoms with Gasteiger partial charge >= 0.3 is 0 Å². The minimum absolute atomic E-state index is 0.0766. The van der Waals surface area contributed by atoms with E-state index in [0.29, 0.717) is 16.8 Å². The Balaban J connectivity index is 1.70. The van der Waals surface area contributed by atoms with Gasteiger partial charge in [0.05, 0.1) is 11.1 Å². The molecule has 0 saturated carbocycles. The van der Waals surface area contributed by atoms with Gasteiger partial charge in [-0.1, -0.05) is 12.1 Å². The highest BCUT2D eigenvalue weighted by Gasteiger charge is 2.24. The Morgan fingerprint density at radius 1 is 1.24 bits per heavy atom. The summed E-state index contributed by atoms with van der Waals surface area (Å²) in [4.78, 5) is 27.7. The molecular formula is C23H23FN6O3. The molecule has 2 aromatic heterocycles. The minimum atomic E-state index is -0.677. The zero-order chi connectivity index (χ0) is 23.9. The summed E-state index contributed by atoms with van der Waals surface area (Å²) in [5.41, 5.74) is 14.2. The zero-order valence-corrected chi connectivity index (χ0v) is 18.0. The number of phenolic OH excluding ortho intramolecular Hbond substituents is 1. The number of anilines is 1. The van der Waals surface area contributed by atoms with E-state index in [1.807, 2.05) is 19.9 Å². The van der Waals surface area contributed by atoms with Gasteiger partial charge in [-0.3, -0.25) is 9.59 Å². The summed E-state index contributed by atoms with van der Waals surface area (Å²) in [7, 11) is 0. The lowest BCUT2D eigenvalue weighted by molar-refractivity contribution is 0.0946. The van der Waals surface area contributed by atoms with Gasteiger partial charge in [0.25, 0.3) is 11.8 Å². The van der Waals surface area contributed by atoms with Gasteiger partial charge < -0.3 is 26.9 Å². The van der Waals surface area contributed by atoms with Gasteiger partial charge in [0.15, 0.2) is 0 Å². The molecule has 0 fully saturated rings. The van der Waals surface area contributed by atoms with Crippen LogP contribution in [0.5, 0.6) is 5.75 Å². The molecule has 0 saturated heterocycles. The molecule has 0 spiro atoms. The summed E-state index contributed by atoms with van der Waals surface area (Å²) in [5, 5.41) is 17.8. The summed E-state index contributed by atoms with van der Waals surface area (Å²) in [5.74, 6) is -2.03. The number of benzene rings is 2. The van der Waals surface area contributed by atoms with E-state index in [1.54, 1.807) is 23.0 Å². The number of aromatic nitrogens is 3. The average molecular weight is 450 g/mol. The average Bonchev–Trinajstić information content (AvgIpc) is 3.38. The Kier molecular flexibility index (Phi) is 5.50. The molecule has 0 unspecified atom stereocenters. The summed E-state index contributed by atoms with van der Waals surface area (Å²) < 4.78 is 15.0. The molecule has 2 amide bonds. The normalized spacial score (nSPS) is 11.3. The number of nitrogens with two attached hydrogens (primary N) is 2. The molecule has 33 heavy (non-hydrogen) atoms. The number of nitrogens with one attached hydrogen (secondary N) is 2. The Hall–Kier alpha value is -4.34. The first-order chi connectivity index (χ1) is 15.7. The number of fused-ring (bicyclic) bond motifs is 1. The van der Waals surface area contributed by atoms with Crippen molar-refractivity contribution in [3.8, 4) is 17.0 Å². The molecular weight excluding hydrogens is 427 g/mol. The van der Waals surface area contributed by atoms with E-state index in [4.69, 9.17) is 11.5 Å². The lowest BCUT2D eigenvalue weighted by Gasteiger charge is -2.10. The number of nitrogens with zero attached hydrogens (tertiary/aromatic N) is 2. The van der Waals surface area contributed by atoms with E-state index in [2.05, 4.69) is 15.4 Å². The molecule has 7 N–H and O–H groups in total. The van der Waals surface area contributed by atoms with E-state index >= 15 is 0 Å². The maximum Gasteiger partial charge on any atom is 0.255 e. The number of carbonyl (C=O) groups is 2. The van der Waals surface area contributed by atoms with Crippen molar-refractivity contribution in [1.82, 2.24) is 20.1 Å². The number of primary amides is 1. The molecule has 0 aliphatic carbocycles. The Morgan fingerprint density at radius 2 is 2.00 bits per heavy atom. The van der Waals surface area contributed by atoms with E-state index in [-0.39, 0.29) is 35.3 Å². The number of phenols is 1. The number of hydrogen-bond acceptors (Lipinski definition) is 5. The number of nitrogen functional groups attached to an aromatic ring is 1. The van der Waals surface area contributed by atoms with Crippen molar-refractivity contribution >= 4 is 28.5 Å². The molecule has 4 aromatic rings. The molecule has 2 aromatic carbocycles. The van der Waals surface area contributed by atoms with Crippen LogP contribution in [-0.2, 0) is 6.54 Å². The van der Waals surface area contributed by atoms with Crippen molar-refractivity contribution < 1.29 is 19.1 Å². The lowest BCUT2D eigenvalue weighted by atomic mass is 10.00. The van der Waals surface area contributed by atoms with Crippen LogP contribution in [0.15, 0.2) is 42.6 Å². The Labute approximate surface area is 188 Å². The molecule has 0 bridgehead atoms. The van der Waals surface area contributed by atoms with Gasteiger partial charge in [0.2, 0.25) is 0 Å². The lowest BCUT2D eigenvalue weighted by Crippen LogP contribution is -2.23. The van der Waals surface area contributed by atoms with Gasteiger partial charge in [-0.05, 0) is 43.7 Å². The third kappa shape index (κ3) is 3.86. The van der Waals surface area contributed by atoms with Crippen LogP contribution in [0, 0.1) is 5.82 Å². The van der Waals surface area contributed by atoms with E-state index in [1.165, 1.54) is 0 Å². The monoisotopic (exact) mass is 450 g/mol. The predicted octanol–water partition coefficient (Wildman–Crippen LogP) is 3.07. The predicted molar refractivity (Wildman–Crippen MR) is 122 cm³/mol. The second-order valence-electron chi connectivity index (χ2n) is 7.89. The molecule has 170 valence electrons. The van der Waals surface area contributed by atoms with Crippen LogP contribution in [-0.4, -0.2) is 31.7 Å². The highest BCUT2D eigenvalue weighted by molar-refractivity contribution is 6.07. The smallest absolute Gasteiger partial charge is 0.255 e. The number of H-pyrrole nitrogens is 1. The Bertz CT molecular complexity index is 1390. The van der Waals surface area contributed by atoms with E-state index < -0.39 is 17.6 Å². The van der Waals surface area contributed by atoms with Gasteiger partial charge in [-0.25, -0.2) is 9.07 Å². The third-order valence-electron chi connectivity index (χ3n) is 5.39. The van der Waals surface area contributed by atoms with Gasteiger partial charge in [-0.15, -0.1) is 0 Å².